The fourth-order valence-electron chi connectivity index (χ4n) is 2.39. The molecule has 0 bridgehead atoms. The monoisotopic (exact) mass is 277 g/mol. The second-order valence-corrected chi connectivity index (χ2v) is 5.12. The average molecular weight is 278 g/mol. The molecule has 1 heterocycles. The third-order valence-electron chi connectivity index (χ3n) is 3.33. The van der Waals surface area contributed by atoms with Crippen molar-refractivity contribution < 1.29 is 9.13 Å². The minimum Gasteiger partial charge on any atom is -0.485 e. The molecular weight excluding hydrogens is 265 g/mol. The lowest BCUT2D eigenvalue weighted by molar-refractivity contribution is 0.161. The molecule has 1 aliphatic rings. The molecule has 2 unspecified atom stereocenters. The van der Waals surface area contributed by atoms with E-state index in [9.17, 15) is 4.39 Å². The molecule has 2 aromatic rings. The van der Waals surface area contributed by atoms with Gasteiger partial charge in [0.05, 0.1) is 0 Å². The minimum atomic E-state index is -0.322. The first-order chi connectivity index (χ1) is 9.13. The van der Waals surface area contributed by atoms with Crippen LogP contribution in [-0.2, 0) is 0 Å². The highest BCUT2D eigenvalue weighted by Crippen LogP contribution is 2.40. The lowest BCUT2D eigenvalue weighted by Crippen LogP contribution is -2.24. The highest BCUT2D eigenvalue weighted by atomic mass is 35.5. The fraction of sp³-hybridized carbons (Fsp3) is 0.200. The number of halogens is 2. The van der Waals surface area contributed by atoms with Crippen LogP contribution >= 0.6 is 11.6 Å². The summed E-state index contributed by atoms with van der Waals surface area (Å²) in [7, 11) is 0. The Morgan fingerprint density at radius 1 is 1.21 bits per heavy atom. The van der Waals surface area contributed by atoms with Gasteiger partial charge in [0.2, 0.25) is 0 Å². The van der Waals surface area contributed by atoms with Crippen molar-refractivity contribution in [1.82, 2.24) is 0 Å². The molecule has 2 nitrogen and oxygen atoms in total. The molecule has 0 fully saturated rings. The van der Waals surface area contributed by atoms with Gasteiger partial charge in [-0.1, -0.05) is 29.8 Å². The number of benzene rings is 2. The standard InChI is InChI=1S/C15H13ClFNO/c16-10-3-1-2-9(6-10)14-8-13(18)12-5-4-11(17)7-15(12)19-14/h1-7,13-14H,8,18H2. The van der Waals surface area contributed by atoms with E-state index in [1.165, 1.54) is 12.1 Å². The Hall–Kier alpha value is -1.58. The van der Waals surface area contributed by atoms with Crippen molar-refractivity contribution in [1.29, 1.82) is 0 Å². The lowest BCUT2D eigenvalue weighted by Gasteiger charge is -2.30. The third-order valence-corrected chi connectivity index (χ3v) is 3.57. The molecule has 2 N–H and O–H groups in total. The van der Waals surface area contributed by atoms with Crippen LogP contribution in [0.4, 0.5) is 4.39 Å². The van der Waals surface area contributed by atoms with E-state index in [4.69, 9.17) is 22.1 Å². The van der Waals surface area contributed by atoms with Crippen LogP contribution in [0.15, 0.2) is 42.5 Å². The summed E-state index contributed by atoms with van der Waals surface area (Å²) in [5.41, 5.74) is 7.93. The van der Waals surface area contributed by atoms with Crippen LogP contribution in [0, 0.1) is 5.82 Å². The van der Waals surface area contributed by atoms with Gasteiger partial charge in [-0.2, -0.15) is 0 Å². The van der Waals surface area contributed by atoms with Gasteiger partial charge in [0.1, 0.15) is 17.7 Å². The van der Waals surface area contributed by atoms with Gasteiger partial charge >= 0.3 is 0 Å². The SMILES string of the molecule is NC1CC(c2cccc(Cl)c2)Oc2cc(F)ccc21. The fourth-order valence-corrected chi connectivity index (χ4v) is 2.59. The van der Waals surface area contributed by atoms with Crippen LogP contribution in [0.3, 0.4) is 0 Å². The highest BCUT2D eigenvalue weighted by molar-refractivity contribution is 6.30. The van der Waals surface area contributed by atoms with Crippen molar-refractivity contribution in [3.05, 3.63) is 64.4 Å². The van der Waals surface area contributed by atoms with Crippen molar-refractivity contribution in [3.63, 3.8) is 0 Å². The van der Waals surface area contributed by atoms with E-state index in [1.807, 2.05) is 18.2 Å². The smallest absolute Gasteiger partial charge is 0.127 e. The van der Waals surface area contributed by atoms with E-state index in [-0.39, 0.29) is 18.0 Å². The Labute approximate surface area is 115 Å². The molecule has 0 saturated carbocycles. The largest absolute Gasteiger partial charge is 0.485 e. The summed E-state index contributed by atoms with van der Waals surface area (Å²) in [6, 6.07) is 11.8. The molecule has 0 amide bonds. The molecule has 19 heavy (non-hydrogen) atoms. The number of nitrogens with two attached hydrogens (primary N) is 1. The van der Waals surface area contributed by atoms with Crippen LogP contribution in [-0.4, -0.2) is 0 Å². The van der Waals surface area contributed by atoms with Crippen molar-refractivity contribution in [2.24, 2.45) is 5.73 Å². The molecule has 0 radical (unpaired) electrons. The molecule has 0 aliphatic carbocycles. The first kappa shape index (κ1) is 12.5. The van der Waals surface area contributed by atoms with E-state index in [2.05, 4.69) is 0 Å². The van der Waals surface area contributed by atoms with Crippen LogP contribution in [0.2, 0.25) is 5.02 Å². The normalized spacial score (nSPS) is 21.6. The van der Waals surface area contributed by atoms with Crippen LogP contribution in [0.25, 0.3) is 0 Å². The van der Waals surface area contributed by atoms with Crippen LogP contribution in [0.1, 0.15) is 29.7 Å². The maximum atomic E-state index is 13.3. The van der Waals surface area contributed by atoms with Crippen LogP contribution < -0.4 is 10.5 Å². The zero-order valence-corrected chi connectivity index (χ0v) is 10.9. The van der Waals surface area contributed by atoms with Gasteiger partial charge in [0.25, 0.3) is 0 Å². The summed E-state index contributed by atoms with van der Waals surface area (Å²) in [5, 5.41) is 0.653. The van der Waals surface area contributed by atoms with Crippen molar-refractivity contribution in [2.45, 2.75) is 18.6 Å². The van der Waals surface area contributed by atoms with E-state index in [0.717, 1.165) is 11.1 Å². The Morgan fingerprint density at radius 2 is 2.05 bits per heavy atom. The van der Waals surface area contributed by atoms with Crippen molar-refractivity contribution >= 4 is 11.6 Å². The van der Waals surface area contributed by atoms with E-state index in [1.54, 1.807) is 12.1 Å². The molecule has 2 aromatic carbocycles. The van der Waals surface area contributed by atoms with Gasteiger partial charge in [0.15, 0.2) is 0 Å². The summed E-state index contributed by atoms with van der Waals surface area (Å²) in [5.74, 6) is 0.196. The maximum absolute atomic E-state index is 13.3. The molecule has 0 spiro atoms. The first-order valence-electron chi connectivity index (χ1n) is 6.10. The van der Waals surface area contributed by atoms with Crippen molar-refractivity contribution in [3.8, 4) is 5.75 Å². The van der Waals surface area contributed by atoms with Gasteiger partial charge in [-0.3, -0.25) is 0 Å². The molecule has 2 atom stereocenters. The average Bonchev–Trinajstić information content (AvgIpc) is 2.38. The van der Waals surface area contributed by atoms with Gasteiger partial charge < -0.3 is 10.5 Å². The second kappa shape index (κ2) is 4.83. The molecule has 3 rings (SSSR count). The summed E-state index contributed by atoms with van der Waals surface area (Å²) < 4.78 is 19.1. The molecule has 0 aromatic heterocycles. The molecule has 4 heteroatoms. The van der Waals surface area contributed by atoms with Crippen LogP contribution in [0.5, 0.6) is 5.75 Å². The van der Waals surface area contributed by atoms with Gasteiger partial charge in [0, 0.05) is 29.1 Å². The summed E-state index contributed by atoms with van der Waals surface area (Å²) in [6.07, 6.45) is 0.460. The third kappa shape index (κ3) is 2.44. The van der Waals surface area contributed by atoms with E-state index < -0.39 is 0 Å². The summed E-state index contributed by atoms with van der Waals surface area (Å²) in [6.45, 7) is 0. The molecule has 0 saturated heterocycles. The first-order valence-corrected chi connectivity index (χ1v) is 6.48. The number of fused-ring (bicyclic) bond motifs is 1. The zero-order valence-electron chi connectivity index (χ0n) is 10.1. The maximum Gasteiger partial charge on any atom is 0.127 e. The Bertz CT molecular complexity index is 617. The summed E-state index contributed by atoms with van der Waals surface area (Å²) >= 11 is 5.98. The second-order valence-electron chi connectivity index (χ2n) is 4.69. The highest BCUT2D eigenvalue weighted by Gasteiger charge is 2.27. The summed E-state index contributed by atoms with van der Waals surface area (Å²) in [4.78, 5) is 0. The van der Waals surface area contributed by atoms with E-state index in [0.29, 0.717) is 17.2 Å². The minimum absolute atomic E-state index is 0.159. The Morgan fingerprint density at radius 3 is 2.84 bits per heavy atom. The van der Waals surface area contributed by atoms with E-state index >= 15 is 0 Å². The zero-order chi connectivity index (χ0) is 13.4. The number of hydrogen-bond acceptors (Lipinski definition) is 2. The Kier molecular flexibility index (Phi) is 3.17. The topological polar surface area (TPSA) is 35.2 Å². The van der Waals surface area contributed by atoms with Crippen molar-refractivity contribution in [2.75, 3.05) is 0 Å². The van der Waals surface area contributed by atoms with Gasteiger partial charge in [-0.25, -0.2) is 4.39 Å². The lowest BCUT2D eigenvalue weighted by atomic mass is 9.93. The number of ether oxygens (including phenoxy) is 1. The van der Waals surface area contributed by atoms with Gasteiger partial charge in [-0.05, 0) is 23.8 Å². The molecular formula is C15H13ClFNO. The number of hydrogen-bond donors (Lipinski definition) is 1. The quantitative estimate of drug-likeness (QED) is 0.855. The van der Waals surface area contributed by atoms with Gasteiger partial charge in [-0.15, -0.1) is 0 Å². The molecule has 98 valence electrons. The molecule has 1 aliphatic heterocycles. The Balaban J connectivity index is 1.96. The predicted octanol–water partition coefficient (Wildman–Crippen LogP) is 4.00. The predicted molar refractivity (Wildman–Crippen MR) is 72.8 cm³/mol. The number of rotatable bonds is 1.